The van der Waals surface area contributed by atoms with Crippen LogP contribution in [0.4, 0.5) is 0 Å². The molecule has 0 radical (unpaired) electrons. The van der Waals surface area contributed by atoms with E-state index >= 15 is 0 Å². The van der Waals surface area contributed by atoms with Crippen molar-refractivity contribution in [3.63, 3.8) is 0 Å². The monoisotopic (exact) mass is 505 g/mol. The summed E-state index contributed by atoms with van der Waals surface area (Å²) < 4.78 is 5.96. The van der Waals surface area contributed by atoms with Crippen molar-refractivity contribution in [1.82, 2.24) is 0 Å². The number of nitrogens with zero attached hydrogens (tertiary/aromatic N) is 1. The number of fused-ring (bicyclic) bond motifs is 5. The second kappa shape index (κ2) is 9.37. The Labute approximate surface area is 209 Å². The van der Waals surface area contributed by atoms with Crippen LogP contribution in [0.25, 0.3) is 0 Å². The van der Waals surface area contributed by atoms with Gasteiger partial charge in [-0.05, 0) is 56.1 Å². The van der Waals surface area contributed by atoms with Gasteiger partial charge in [0.05, 0.1) is 12.7 Å². The lowest BCUT2D eigenvalue weighted by molar-refractivity contribution is -0.757. The third-order valence-corrected chi connectivity index (χ3v) is 9.59. The molecule has 0 spiro atoms. The number of carbonyl (C=O) groups excluding carboxylic acids is 3. The maximum atomic E-state index is 13.4. The number of ether oxygens (including phenoxy) is 1. The summed E-state index contributed by atoms with van der Waals surface area (Å²) in [4.78, 5) is 52.9. The topological polar surface area (TPSA) is 153 Å². The van der Waals surface area contributed by atoms with E-state index in [4.69, 9.17) is 4.74 Å². The van der Waals surface area contributed by atoms with Crippen molar-refractivity contribution in [2.75, 3.05) is 13.2 Å². The summed E-state index contributed by atoms with van der Waals surface area (Å²) in [5, 5.41) is 30.9. The first-order valence-electron chi connectivity index (χ1n) is 12.7. The molecule has 0 aromatic carbocycles. The standard InChI is InChI=1S/C26H35NO9/c1-15-11-19-18-7-6-16-12-17(29)8-9-24(16,2)23(18)20(30)13-25(19,3)26(15,21(31)14-28)36-22(32)5-4-10-35-27(33)34/h8-9,12,15,18-20,23,28,30H,4-7,10-11,13-14H2,1-3H3/t15-,18?,19?,20?,23?,24?,25?,26+/m1/s1. The van der Waals surface area contributed by atoms with Crippen LogP contribution in [0.1, 0.15) is 59.3 Å². The molecule has 0 aromatic heterocycles. The molecule has 36 heavy (non-hydrogen) atoms. The highest BCUT2D eigenvalue weighted by atomic mass is 16.9. The van der Waals surface area contributed by atoms with Gasteiger partial charge in [0.25, 0.3) is 5.09 Å². The third-order valence-electron chi connectivity index (χ3n) is 9.59. The molecule has 0 saturated heterocycles. The van der Waals surface area contributed by atoms with Crippen LogP contribution in [-0.4, -0.2) is 57.8 Å². The number of hydrogen-bond acceptors (Lipinski definition) is 9. The van der Waals surface area contributed by atoms with Crippen LogP contribution in [0.5, 0.6) is 0 Å². The Bertz CT molecular complexity index is 1020. The van der Waals surface area contributed by atoms with Crippen LogP contribution in [0.3, 0.4) is 0 Å². The van der Waals surface area contributed by atoms with Gasteiger partial charge in [0.1, 0.15) is 6.61 Å². The molecule has 8 atom stereocenters. The zero-order chi connectivity index (χ0) is 26.5. The van der Waals surface area contributed by atoms with E-state index in [0.29, 0.717) is 12.8 Å². The quantitative estimate of drug-likeness (QED) is 0.219. The van der Waals surface area contributed by atoms with Crippen molar-refractivity contribution in [1.29, 1.82) is 0 Å². The molecule has 4 rings (SSSR count). The Kier molecular flexibility index (Phi) is 6.89. The van der Waals surface area contributed by atoms with Gasteiger partial charge in [-0.2, -0.15) is 0 Å². The van der Waals surface area contributed by atoms with E-state index in [9.17, 15) is 34.7 Å². The Morgan fingerprint density at radius 3 is 2.69 bits per heavy atom. The summed E-state index contributed by atoms with van der Waals surface area (Å²) >= 11 is 0. The SMILES string of the molecule is C[C@@H]1CC2C3CCC4=CC(=O)C=CC4(C)C3C(O)CC2(C)[C@@]1(OC(=O)CCCO[N+](=O)[O-])C(=O)CO. The number of hydrogen-bond donors (Lipinski definition) is 2. The fourth-order valence-corrected chi connectivity index (χ4v) is 8.22. The highest BCUT2D eigenvalue weighted by Gasteiger charge is 2.72. The van der Waals surface area contributed by atoms with E-state index < -0.39 is 51.9 Å². The number of carbonyl (C=O) groups is 3. The van der Waals surface area contributed by atoms with Crippen molar-refractivity contribution < 1.29 is 39.3 Å². The number of aliphatic hydroxyl groups is 2. The maximum absolute atomic E-state index is 13.4. The van der Waals surface area contributed by atoms with E-state index in [1.54, 1.807) is 12.2 Å². The third kappa shape index (κ3) is 3.89. The summed E-state index contributed by atoms with van der Waals surface area (Å²) in [7, 11) is 0. The normalized spacial score (nSPS) is 41.0. The van der Waals surface area contributed by atoms with Gasteiger partial charge in [0.15, 0.2) is 11.4 Å². The molecule has 3 fully saturated rings. The minimum absolute atomic E-state index is 0.0294. The molecule has 198 valence electrons. The Morgan fingerprint density at radius 1 is 1.31 bits per heavy atom. The molecule has 0 aromatic rings. The molecule has 0 bridgehead atoms. The van der Waals surface area contributed by atoms with Gasteiger partial charge in [-0.15, -0.1) is 10.1 Å². The van der Waals surface area contributed by atoms with Gasteiger partial charge in [-0.3, -0.25) is 14.4 Å². The van der Waals surface area contributed by atoms with E-state index in [0.717, 1.165) is 12.0 Å². The average Bonchev–Trinajstić information content (AvgIpc) is 3.03. The highest BCUT2D eigenvalue weighted by molar-refractivity contribution is 6.01. The number of aliphatic hydroxyl groups excluding tert-OH is 2. The van der Waals surface area contributed by atoms with Crippen LogP contribution >= 0.6 is 0 Å². The minimum atomic E-state index is -1.62. The molecule has 10 heteroatoms. The highest BCUT2D eigenvalue weighted by Crippen LogP contribution is 2.69. The number of rotatable bonds is 8. The number of allylic oxidation sites excluding steroid dienone is 4. The largest absolute Gasteiger partial charge is 0.450 e. The first-order chi connectivity index (χ1) is 16.9. The van der Waals surface area contributed by atoms with E-state index in [2.05, 4.69) is 11.8 Å². The van der Waals surface area contributed by atoms with Crippen LogP contribution in [0.2, 0.25) is 0 Å². The molecule has 4 aliphatic carbocycles. The van der Waals surface area contributed by atoms with Gasteiger partial charge >= 0.3 is 5.97 Å². The molecule has 0 amide bonds. The lowest BCUT2D eigenvalue weighted by atomic mass is 9.46. The lowest BCUT2D eigenvalue weighted by Crippen LogP contribution is -2.64. The average molecular weight is 506 g/mol. The zero-order valence-corrected chi connectivity index (χ0v) is 21.0. The predicted molar refractivity (Wildman–Crippen MR) is 126 cm³/mol. The van der Waals surface area contributed by atoms with Gasteiger partial charge in [0.2, 0.25) is 5.78 Å². The van der Waals surface area contributed by atoms with Crippen molar-refractivity contribution in [3.05, 3.63) is 33.9 Å². The number of ketones is 2. The maximum Gasteiger partial charge on any atom is 0.306 e. The lowest BCUT2D eigenvalue weighted by Gasteiger charge is -2.60. The molecule has 0 heterocycles. The summed E-state index contributed by atoms with van der Waals surface area (Å²) in [6.45, 7) is 4.71. The summed E-state index contributed by atoms with van der Waals surface area (Å²) in [6.07, 6.45) is 6.45. The Hall–Kier alpha value is -2.59. The molecule has 0 aliphatic heterocycles. The predicted octanol–water partition coefficient (Wildman–Crippen LogP) is 2.34. The molecule has 4 aliphatic rings. The second-order valence-corrected chi connectivity index (χ2v) is 11.3. The number of esters is 1. The zero-order valence-electron chi connectivity index (χ0n) is 21.0. The fraction of sp³-hybridized carbons (Fsp3) is 0.731. The van der Waals surface area contributed by atoms with Crippen molar-refractivity contribution >= 4 is 17.5 Å². The minimum Gasteiger partial charge on any atom is -0.450 e. The van der Waals surface area contributed by atoms with Crippen molar-refractivity contribution in [3.8, 4) is 0 Å². The van der Waals surface area contributed by atoms with Gasteiger partial charge in [0, 0.05) is 29.1 Å². The molecule has 2 N–H and O–H groups in total. The van der Waals surface area contributed by atoms with Gasteiger partial charge in [-0.1, -0.05) is 32.4 Å². The number of Topliss-reactive ketones (excluding diaryl/α,β-unsaturated/α-hetero) is 1. The molecule has 3 saturated carbocycles. The van der Waals surface area contributed by atoms with Crippen LogP contribution in [0.15, 0.2) is 23.8 Å². The molecule has 6 unspecified atom stereocenters. The van der Waals surface area contributed by atoms with Crippen LogP contribution < -0.4 is 0 Å². The van der Waals surface area contributed by atoms with Crippen molar-refractivity contribution in [2.24, 2.45) is 34.5 Å². The first-order valence-corrected chi connectivity index (χ1v) is 12.7. The molecule has 10 nitrogen and oxygen atoms in total. The fourth-order valence-electron chi connectivity index (χ4n) is 8.22. The first kappa shape index (κ1) is 26.5. The second-order valence-electron chi connectivity index (χ2n) is 11.3. The summed E-state index contributed by atoms with van der Waals surface area (Å²) in [6, 6.07) is 0. The Balaban J connectivity index is 1.65. The van der Waals surface area contributed by atoms with Crippen LogP contribution in [-0.2, 0) is 24.0 Å². The van der Waals surface area contributed by atoms with Crippen LogP contribution in [0, 0.1) is 44.6 Å². The summed E-state index contributed by atoms with van der Waals surface area (Å²) in [5.74, 6) is -1.90. The Morgan fingerprint density at radius 2 is 2.03 bits per heavy atom. The summed E-state index contributed by atoms with van der Waals surface area (Å²) in [5.41, 5.74) is -1.98. The van der Waals surface area contributed by atoms with Gasteiger partial charge < -0.3 is 19.8 Å². The smallest absolute Gasteiger partial charge is 0.306 e. The molecular weight excluding hydrogens is 470 g/mol. The van der Waals surface area contributed by atoms with Gasteiger partial charge in [-0.25, -0.2) is 0 Å². The van der Waals surface area contributed by atoms with E-state index in [-0.39, 0.29) is 49.4 Å². The molecular formula is C26H35NO9. The van der Waals surface area contributed by atoms with E-state index in [1.807, 2.05) is 19.9 Å². The van der Waals surface area contributed by atoms with Crippen molar-refractivity contribution in [2.45, 2.75) is 71.0 Å². The van der Waals surface area contributed by atoms with E-state index in [1.165, 1.54) is 0 Å².